The van der Waals surface area contributed by atoms with Crippen LogP contribution in [-0.4, -0.2) is 16.1 Å². The minimum Gasteiger partial charge on any atom is -0.478 e. The molecule has 0 fully saturated rings. The lowest BCUT2D eigenvalue weighted by Gasteiger charge is -2.20. The molecule has 2 rings (SSSR count). The highest BCUT2D eigenvalue weighted by Crippen LogP contribution is 2.29. The van der Waals surface area contributed by atoms with Gasteiger partial charge >= 0.3 is 5.97 Å². The van der Waals surface area contributed by atoms with Crippen molar-refractivity contribution in [2.24, 2.45) is 0 Å². The van der Waals surface area contributed by atoms with Crippen molar-refractivity contribution in [3.63, 3.8) is 0 Å². The maximum Gasteiger partial charge on any atom is 0.337 e. The molecule has 0 atom stereocenters. The highest BCUT2D eigenvalue weighted by Gasteiger charge is 2.24. The number of rotatable bonds is 2. The van der Waals surface area contributed by atoms with Crippen LogP contribution in [0.25, 0.3) is 11.5 Å². The first-order valence-electron chi connectivity index (χ1n) is 5.79. The van der Waals surface area contributed by atoms with Gasteiger partial charge in [-0.25, -0.2) is 9.78 Å². The fraction of sp³-hybridized carbons (Fsp3) is 0.286. The number of pyridine rings is 1. The van der Waals surface area contributed by atoms with Crippen molar-refractivity contribution in [1.29, 1.82) is 0 Å². The molecule has 4 nitrogen and oxygen atoms in total. The lowest BCUT2D eigenvalue weighted by atomic mass is 9.88. The van der Waals surface area contributed by atoms with Crippen LogP contribution in [0.3, 0.4) is 0 Å². The van der Waals surface area contributed by atoms with Gasteiger partial charge in [0.2, 0.25) is 0 Å². The minimum absolute atomic E-state index is 0.224. The molecule has 19 heavy (non-hydrogen) atoms. The molecule has 2 heterocycles. The SMILES string of the molecule is CC(C)(C)c1nc(-c2ccc(Br)o2)ccc1C(=O)O. The van der Waals surface area contributed by atoms with Gasteiger partial charge in [0.05, 0.1) is 11.3 Å². The molecule has 0 saturated carbocycles. The van der Waals surface area contributed by atoms with Crippen LogP contribution in [0.2, 0.25) is 0 Å². The predicted octanol–water partition coefficient (Wildman–Crippen LogP) is 4.10. The molecule has 0 aliphatic rings. The van der Waals surface area contributed by atoms with Crippen molar-refractivity contribution in [3.05, 3.63) is 40.2 Å². The largest absolute Gasteiger partial charge is 0.478 e. The summed E-state index contributed by atoms with van der Waals surface area (Å²) in [4.78, 5) is 15.7. The Bertz CT molecular complexity index is 626. The number of carboxylic acid groups (broad SMARTS) is 1. The molecule has 0 aromatic carbocycles. The van der Waals surface area contributed by atoms with Gasteiger partial charge in [-0.05, 0) is 40.2 Å². The summed E-state index contributed by atoms with van der Waals surface area (Å²) in [5.74, 6) is -0.362. The molecule has 0 aliphatic heterocycles. The third kappa shape index (κ3) is 2.87. The van der Waals surface area contributed by atoms with Gasteiger partial charge in [0.15, 0.2) is 10.4 Å². The molecular formula is C14H14BrNO3. The van der Waals surface area contributed by atoms with Gasteiger partial charge < -0.3 is 9.52 Å². The maximum absolute atomic E-state index is 11.2. The minimum atomic E-state index is -0.968. The number of carbonyl (C=O) groups is 1. The Balaban J connectivity index is 2.59. The van der Waals surface area contributed by atoms with Crippen molar-refractivity contribution in [2.75, 3.05) is 0 Å². The van der Waals surface area contributed by atoms with Crippen LogP contribution in [0, 0.1) is 0 Å². The van der Waals surface area contributed by atoms with Crippen LogP contribution in [0.4, 0.5) is 0 Å². The second-order valence-corrected chi connectivity index (χ2v) is 6.03. The van der Waals surface area contributed by atoms with E-state index >= 15 is 0 Å². The quantitative estimate of drug-likeness (QED) is 0.903. The highest BCUT2D eigenvalue weighted by atomic mass is 79.9. The number of aromatic nitrogens is 1. The number of hydrogen-bond donors (Lipinski definition) is 1. The summed E-state index contributed by atoms with van der Waals surface area (Å²) < 4.78 is 6.06. The van der Waals surface area contributed by atoms with Gasteiger partial charge in [-0.2, -0.15) is 0 Å². The van der Waals surface area contributed by atoms with Crippen LogP contribution in [0.1, 0.15) is 36.8 Å². The summed E-state index contributed by atoms with van der Waals surface area (Å²) in [5, 5.41) is 9.22. The second-order valence-electron chi connectivity index (χ2n) is 5.25. The number of nitrogens with zero attached hydrogens (tertiary/aromatic N) is 1. The Morgan fingerprint density at radius 3 is 2.42 bits per heavy atom. The lowest BCUT2D eigenvalue weighted by molar-refractivity contribution is 0.0693. The topological polar surface area (TPSA) is 63.3 Å². The summed E-state index contributed by atoms with van der Waals surface area (Å²) >= 11 is 3.24. The summed E-state index contributed by atoms with van der Waals surface area (Å²) in [6.07, 6.45) is 0. The summed E-state index contributed by atoms with van der Waals surface area (Å²) in [6, 6.07) is 6.80. The van der Waals surface area contributed by atoms with Crippen molar-refractivity contribution in [2.45, 2.75) is 26.2 Å². The molecule has 2 aromatic heterocycles. The molecule has 0 radical (unpaired) electrons. The van der Waals surface area contributed by atoms with E-state index in [1.165, 1.54) is 0 Å². The number of hydrogen-bond acceptors (Lipinski definition) is 3. The lowest BCUT2D eigenvalue weighted by Crippen LogP contribution is -2.19. The van der Waals surface area contributed by atoms with E-state index in [0.717, 1.165) is 0 Å². The number of carboxylic acids is 1. The zero-order valence-electron chi connectivity index (χ0n) is 10.9. The smallest absolute Gasteiger partial charge is 0.337 e. The summed E-state index contributed by atoms with van der Waals surface area (Å²) in [7, 11) is 0. The van der Waals surface area contributed by atoms with Crippen molar-refractivity contribution in [3.8, 4) is 11.5 Å². The fourth-order valence-electron chi connectivity index (χ4n) is 1.79. The molecule has 100 valence electrons. The van der Waals surface area contributed by atoms with Crippen LogP contribution >= 0.6 is 15.9 Å². The zero-order chi connectivity index (χ0) is 14.2. The van der Waals surface area contributed by atoms with Crippen molar-refractivity contribution >= 4 is 21.9 Å². The van der Waals surface area contributed by atoms with Gasteiger partial charge in [-0.15, -0.1) is 0 Å². The highest BCUT2D eigenvalue weighted by molar-refractivity contribution is 9.10. The normalized spacial score (nSPS) is 11.6. The van der Waals surface area contributed by atoms with E-state index in [2.05, 4.69) is 20.9 Å². The standard InChI is InChI=1S/C14H14BrNO3/c1-14(2,3)12-8(13(17)18)4-5-9(16-12)10-6-7-11(15)19-10/h4-7H,1-3H3,(H,17,18). The molecule has 1 N–H and O–H groups in total. The Labute approximate surface area is 119 Å². The van der Waals surface area contributed by atoms with E-state index in [9.17, 15) is 9.90 Å². The molecule has 0 bridgehead atoms. The van der Waals surface area contributed by atoms with Gasteiger partial charge in [0, 0.05) is 5.41 Å². The fourth-order valence-corrected chi connectivity index (χ4v) is 2.10. The first kappa shape index (κ1) is 13.8. The van der Waals surface area contributed by atoms with Crippen LogP contribution in [0.15, 0.2) is 33.4 Å². The maximum atomic E-state index is 11.2. The Morgan fingerprint density at radius 1 is 1.26 bits per heavy atom. The number of halogens is 1. The predicted molar refractivity (Wildman–Crippen MR) is 75.3 cm³/mol. The van der Waals surface area contributed by atoms with Crippen molar-refractivity contribution < 1.29 is 14.3 Å². The first-order chi connectivity index (χ1) is 8.79. The Kier molecular flexibility index (Phi) is 3.49. The Hall–Kier alpha value is -1.62. The zero-order valence-corrected chi connectivity index (χ0v) is 12.5. The van der Waals surface area contributed by atoms with Gasteiger partial charge in [-0.1, -0.05) is 20.8 Å². The molecule has 0 spiro atoms. The third-order valence-electron chi connectivity index (χ3n) is 2.66. The van der Waals surface area contributed by atoms with E-state index in [1.54, 1.807) is 24.3 Å². The summed E-state index contributed by atoms with van der Waals surface area (Å²) in [6.45, 7) is 5.80. The van der Waals surface area contributed by atoms with E-state index in [1.807, 2.05) is 20.8 Å². The first-order valence-corrected chi connectivity index (χ1v) is 6.59. The Morgan fingerprint density at radius 2 is 1.95 bits per heavy atom. The molecule has 0 aliphatic carbocycles. The van der Waals surface area contributed by atoms with Crippen LogP contribution < -0.4 is 0 Å². The molecule has 5 heteroatoms. The third-order valence-corrected chi connectivity index (χ3v) is 3.09. The summed E-state index contributed by atoms with van der Waals surface area (Å²) in [5.41, 5.74) is 1.04. The monoisotopic (exact) mass is 323 g/mol. The van der Waals surface area contributed by atoms with E-state index < -0.39 is 5.97 Å². The van der Waals surface area contributed by atoms with Gasteiger partial charge in [0.25, 0.3) is 0 Å². The van der Waals surface area contributed by atoms with Gasteiger partial charge in [0.1, 0.15) is 5.69 Å². The van der Waals surface area contributed by atoms with E-state index in [0.29, 0.717) is 21.8 Å². The molecule has 0 saturated heterocycles. The average molecular weight is 324 g/mol. The number of furan rings is 1. The molecular weight excluding hydrogens is 310 g/mol. The van der Waals surface area contributed by atoms with E-state index in [4.69, 9.17) is 4.42 Å². The molecule has 0 unspecified atom stereocenters. The van der Waals surface area contributed by atoms with Gasteiger partial charge in [-0.3, -0.25) is 0 Å². The van der Waals surface area contributed by atoms with Crippen LogP contribution in [-0.2, 0) is 5.41 Å². The average Bonchev–Trinajstić information content (AvgIpc) is 2.74. The molecule has 2 aromatic rings. The molecule has 0 amide bonds. The van der Waals surface area contributed by atoms with E-state index in [-0.39, 0.29) is 11.0 Å². The number of aromatic carboxylic acids is 1. The second kappa shape index (κ2) is 4.81. The van der Waals surface area contributed by atoms with Crippen LogP contribution in [0.5, 0.6) is 0 Å². The van der Waals surface area contributed by atoms with Crippen molar-refractivity contribution in [1.82, 2.24) is 4.98 Å².